The van der Waals surface area contributed by atoms with Gasteiger partial charge in [0.1, 0.15) is 0 Å². The number of rotatable bonds is 4. The summed E-state index contributed by atoms with van der Waals surface area (Å²) < 4.78 is 0. The lowest BCUT2D eigenvalue weighted by Gasteiger charge is -1.99. The molecule has 0 aliphatic carbocycles. The van der Waals surface area contributed by atoms with Crippen LogP contribution in [0.15, 0.2) is 17.5 Å². The highest BCUT2D eigenvalue weighted by Crippen LogP contribution is 2.08. The molecule has 1 aromatic heterocycles. The standard InChI is InChI=1S/C9H11NO2S/c1-2-9(12)10-6-7(11)8-4-3-5-13-8/h3-5H,2,6H2,1H3,(H,10,12). The molecular weight excluding hydrogens is 186 g/mol. The maximum absolute atomic E-state index is 11.3. The van der Waals surface area contributed by atoms with Gasteiger partial charge in [0, 0.05) is 6.42 Å². The lowest BCUT2D eigenvalue weighted by Crippen LogP contribution is -2.28. The summed E-state index contributed by atoms with van der Waals surface area (Å²) in [6, 6.07) is 3.57. The van der Waals surface area contributed by atoms with Crippen LogP contribution < -0.4 is 5.32 Å². The van der Waals surface area contributed by atoms with Crippen LogP contribution in [-0.2, 0) is 4.79 Å². The Labute approximate surface area is 80.8 Å². The first-order valence-corrected chi connectivity index (χ1v) is 4.95. The number of thiophene rings is 1. The van der Waals surface area contributed by atoms with Crippen molar-refractivity contribution in [3.05, 3.63) is 22.4 Å². The molecule has 0 aromatic carbocycles. The molecule has 0 aliphatic rings. The first kappa shape index (κ1) is 9.92. The highest BCUT2D eigenvalue weighted by Gasteiger charge is 2.07. The number of nitrogens with one attached hydrogen (secondary N) is 1. The molecule has 3 nitrogen and oxygen atoms in total. The molecule has 0 spiro atoms. The number of hydrogen-bond acceptors (Lipinski definition) is 3. The second-order valence-corrected chi connectivity index (χ2v) is 3.48. The number of hydrogen-bond donors (Lipinski definition) is 1. The van der Waals surface area contributed by atoms with Crippen LogP contribution in [-0.4, -0.2) is 18.2 Å². The van der Waals surface area contributed by atoms with Crippen LogP contribution in [0, 0.1) is 0 Å². The van der Waals surface area contributed by atoms with Gasteiger partial charge in [0.2, 0.25) is 5.91 Å². The first-order valence-electron chi connectivity index (χ1n) is 4.07. The van der Waals surface area contributed by atoms with E-state index in [1.165, 1.54) is 11.3 Å². The van der Waals surface area contributed by atoms with Crippen molar-refractivity contribution in [2.75, 3.05) is 6.54 Å². The molecule has 70 valence electrons. The van der Waals surface area contributed by atoms with Gasteiger partial charge in [0.15, 0.2) is 5.78 Å². The summed E-state index contributed by atoms with van der Waals surface area (Å²) in [4.78, 5) is 22.8. The van der Waals surface area contributed by atoms with Crippen molar-refractivity contribution in [3.8, 4) is 0 Å². The summed E-state index contributed by atoms with van der Waals surface area (Å²) in [6.45, 7) is 1.86. The quantitative estimate of drug-likeness (QED) is 0.743. The van der Waals surface area contributed by atoms with Crippen LogP contribution in [0.3, 0.4) is 0 Å². The van der Waals surface area contributed by atoms with Crippen molar-refractivity contribution >= 4 is 23.0 Å². The van der Waals surface area contributed by atoms with E-state index in [9.17, 15) is 9.59 Å². The van der Waals surface area contributed by atoms with E-state index in [0.29, 0.717) is 11.3 Å². The minimum atomic E-state index is -0.0927. The minimum absolute atomic E-state index is 0.0307. The second-order valence-electron chi connectivity index (χ2n) is 2.53. The minimum Gasteiger partial charge on any atom is -0.349 e. The van der Waals surface area contributed by atoms with Gasteiger partial charge in [-0.1, -0.05) is 13.0 Å². The zero-order valence-electron chi connectivity index (χ0n) is 7.37. The number of ketones is 1. The molecule has 0 aliphatic heterocycles. The van der Waals surface area contributed by atoms with E-state index in [-0.39, 0.29) is 18.2 Å². The zero-order valence-corrected chi connectivity index (χ0v) is 8.19. The highest BCUT2D eigenvalue weighted by molar-refractivity contribution is 7.12. The molecular formula is C9H11NO2S. The largest absolute Gasteiger partial charge is 0.349 e. The van der Waals surface area contributed by atoms with Crippen LogP contribution in [0.25, 0.3) is 0 Å². The summed E-state index contributed by atoms with van der Waals surface area (Å²) in [7, 11) is 0. The van der Waals surface area contributed by atoms with Gasteiger partial charge in [0.25, 0.3) is 0 Å². The van der Waals surface area contributed by atoms with Crippen LogP contribution in [0.1, 0.15) is 23.0 Å². The third kappa shape index (κ3) is 2.99. The van der Waals surface area contributed by atoms with Crippen LogP contribution >= 0.6 is 11.3 Å². The number of Topliss-reactive ketones (excluding diaryl/α,β-unsaturated/α-hetero) is 1. The Hall–Kier alpha value is -1.16. The van der Waals surface area contributed by atoms with Crippen molar-refractivity contribution in [1.29, 1.82) is 0 Å². The predicted octanol–water partition coefficient (Wildman–Crippen LogP) is 1.46. The van der Waals surface area contributed by atoms with Crippen molar-refractivity contribution in [1.82, 2.24) is 5.32 Å². The molecule has 1 amide bonds. The summed E-state index contributed by atoms with van der Waals surface area (Å²) in [5, 5.41) is 4.38. The Morgan fingerprint density at radius 1 is 1.54 bits per heavy atom. The van der Waals surface area contributed by atoms with Gasteiger partial charge >= 0.3 is 0 Å². The molecule has 0 fully saturated rings. The molecule has 4 heteroatoms. The fourth-order valence-electron chi connectivity index (χ4n) is 0.828. The second kappa shape index (κ2) is 4.77. The number of amides is 1. The SMILES string of the molecule is CCC(=O)NCC(=O)c1cccs1. The van der Waals surface area contributed by atoms with Crippen LogP contribution in [0.4, 0.5) is 0 Å². The van der Waals surface area contributed by atoms with Crippen LogP contribution in [0.5, 0.6) is 0 Å². The summed E-state index contributed by atoms with van der Waals surface area (Å²) in [5.74, 6) is -0.123. The lowest BCUT2D eigenvalue weighted by molar-refractivity contribution is -0.120. The highest BCUT2D eigenvalue weighted by atomic mass is 32.1. The Balaban J connectivity index is 2.39. The molecule has 0 saturated heterocycles. The third-order valence-corrected chi connectivity index (χ3v) is 2.47. The molecule has 0 radical (unpaired) electrons. The Bertz CT molecular complexity index is 293. The fourth-order valence-corrected chi connectivity index (χ4v) is 1.49. The average molecular weight is 197 g/mol. The Morgan fingerprint density at radius 3 is 2.85 bits per heavy atom. The normalized spacial score (nSPS) is 9.62. The lowest BCUT2D eigenvalue weighted by atomic mass is 10.3. The number of carbonyl (C=O) groups is 2. The van der Waals surface area contributed by atoms with E-state index >= 15 is 0 Å². The molecule has 1 N–H and O–H groups in total. The molecule has 1 aromatic rings. The average Bonchev–Trinajstić information content (AvgIpc) is 2.66. The summed E-state index contributed by atoms with van der Waals surface area (Å²) >= 11 is 1.39. The topological polar surface area (TPSA) is 46.2 Å². The Morgan fingerprint density at radius 2 is 2.31 bits per heavy atom. The Kier molecular flexibility index (Phi) is 3.64. The first-order chi connectivity index (χ1) is 6.24. The maximum atomic E-state index is 11.3. The summed E-state index contributed by atoms with van der Waals surface area (Å²) in [5.41, 5.74) is 0. The predicted molar refractivity (Wildman–Crippen MR) is 52.0 cm³/mol. The number of carbonyl (C=O) groups excluding carboxylic acids is 2. The van der Waals surface area contributed by atoms with Gasteiger partial charge in [-0.3, -0.25) is 9.59 Å². The third-order valence-electron chi connectivity index (χ3n) is 1.56. The van der Waals surface area contributed by atoms with E-state index in [1.807, 2.05) is 11.4 Å². The van der Waals surface area contributed by atoms with Gasteiger partial charge in [-0.15, -0.1) is 11.3 Å². The van der Waals surface area contributed by atoms with Gasteiger partial charge in [-0.05, 0) is 11.4 Å². The van der Waals surface area contributed by atoms with E-state index in [1.54, 1.807) is 13.0 Å². The maximum Gasteiger partial charge on any atom is 0.220 e. The van der Waals surface area contributed by atoms with Crippen molar-refractivity contribution in [2.24, 2.45) is 0 Å². The van der Waals surface area contributed by atoms with E-state index < -0.39 is 0 Å². The molecule has 0 bridgehead atoms. The van der Waals surface area contributed by atoms with E-state index in [2.05, 4.69) is 5.32 Å². The van der Waals surface area contributed by atoms with Gasteiger partial charge < -0.3 is 5.32 Å². The zero-order chi connectivity index (χ0) is 9.68. The van der Waals surface area contributed by atoms with Crippen molar-refractivity contribution in [3.63, 3.8) is 0 Å². The molecule has 13 heavy (non-hydrogen) atoms. The van der Waals surface area contributed by atoms with Gasteiger partial charge in [0.05, 0.1) is 11.4 Å². The molecule has 0 unspecified atom stereocenters. The molecule has 0 saturated carbocycles. The van der Waals surface area contributed by atoms with Crippen molar-refractivity contribution < 1.29 is 9.59 Å². The van der Waals surface area contributed by atoms with E-state index in [0.717, 1.165) is 0 Å². The van der Waals surface area contributed by atoms with Gasteiger partial charge in [-0.2, -0.15) is 0 Å². The fraction of sp³-hybridized carbons (Fsp3) is 0.333. The van der Waals surface area contributed by atoms with Crippen LogP contribution in [0.2, 0.25) is 0 Å². The monoisotopic (exact) mass is 197 g/mol. The van der Waals surface area contributed by atoms with Crippen molar-refractivity contribution in [2.45, 2.75) is 13.3 Å². The smallest absolute Gasteiger partial charge is 0.220 e. The molecule has 1 rings (SSSR count). The molecule has 1 heterocycles. The molecule has 0 atom stereocenters. The van der Waals surface area contributed by atoms with Gasteiger partial charge in [-0.25, -0.2) is 0 Å². The van der Waals surface area contributed by atoms with E-state index in [4.69, 9.17) is 0 Å². The summed E-state index contributed by atoms with van der Waals surface area (Å²) in [6.07, 6.45) is 0.414.